The lowest BCUT2D eigenvalue weighted by molar-refractivity contribution is 0.129. The van der Waals surface area contributed by atoms with E-state index in [0.717, 1.165) is 35.4 Å². The number of H-pyrrole nitrogens is 1. The largest absolute Gasteiger partial charge is 0.484 e. The number of nitrogens with one attached hydrogen (secondary N) is 2. The Morgan fingerprint density at radius 3 is 3.04 bits per heavy atom. The van der Waals surface area contributed by atoms with Crippen molar-refractivity contribution in [1.29, 1.82) is 0 Å². The SMILES string of the molecule is CC1CN(C(=O)NCc2cc3cc(F)c(OCc4cscn4)cc3[nH]2)C1. The van der Waals surface area contributed by atoms with Gasteiger partial charge in [0.1, 0.15) is 6.61 Å². The zero-order valence-electron chi connectivity index (χ0n) is 14.3. The van der Waals surface area contributed by atoms with Crippen LogP contribution in [0.5, 0.6) is 5.75 Å². The number of carbonyl (C=O) groups is 1. The molecule has 0 spiro atoms. The van der Waals surface area contributed by atoms with Crippen LogP contribution in [0.4, 0.5) is 9.18 Å². The van der Waals surface area contributed by atoms with Gasteiger partial charge in [0.25, 0.3) is 0 Å². The van der Waals surface area contributed by atoms with Crippen LogP contribution in [0, 0.1) is 11.7 Å². The Kier molecular flexibility index (Phi) is 4.50. The summed E-state index contributed by atoms with van der Waals surface area (Å²) in [4.78, 5) is 21.1. The quantitative estimate of drug-likeness (QED) is 0.718. The standard InChI is InChI=1S/C18H19FN4O2S/c1-11-6-23(7-11)18(24)20-5-13-2-12-3-15(19)17(4-16(12)22-13)25-8-14-9-26-10-21-14/h2-4,9-11,22H,5-8H2,1H3,(H,20,24). The number of carbonyl (C=O) groups excluding carboxylic acids is 1. The van der Waals surface area contributed by atoms with Crippen molar-refractivity contribution in [3.63, 3.8) is 0 Å². The highest BCUT2D eigenvalue weighted by Gasteiger charge is 2.26. The molecule has 2 N–H and O–H groups in total. The average molecular weight is 374 g/mol. The topological polar surface area (TPSA) is 70.2 Å². The third-order valence-corrected chi connectivity index (χ3v) is 5.00. The van der Waals surface area contributed by atoms with Gasteiger partial charge in [0.2, 0.25) is 0 Å². The Morgan fingerprint density at radius 1 is 1.46 bits per heavy atom. The van der Waals surface area contributed by atoms with Crippen LogP contribution in [-0.4, -0.2) is 34.0 Å². The normalized spacial score (nSPS) is 14.5. The molecule has 1 fully saturated rings. The van der Waals surface area contributed by atoms with Crippen LogP contribution in [0.2, 0.25) is 0 Å². The van der Waals surface area contributed by atoms with Crippen molar-refractivity contribution in [3.8, 4) is 5.75 Å². The van der Waals surface area contributed by atoms with Gasteiger partial charge in [-0.1, -0.05) is 6.92 Å². The van der Waals surface area contributed by atoms with Gasteiger partial charge in [-0.3, -0.25) is 0 Å². The highest BCUT2D eigenvalue weighted by atomic mass is 32.1. The Bertz CT molecular complexity index is 919. The molecule has 2 aromatic heterocycles. The maximum absolute atomic E-state index is 14.2. The van der Waals surface area contributed by atoms with Gasteiger partial charge in [0.05, 0.1) is 17.7 Å². The predicted octanol–water partition coefficient (Wildman–Crippen LogP) is 3.50. The molecule has 4 rings (SSSR count). The summed E-state index contributed by atoms with van der Waals surface area (Å²) in [7, 11) is 0. The number of ether oxygens (including phenoxy) is 1. The number of hydrogen-bond acceptors (Lipinski definition) is 4. The molecule has 3 aromatic rings. The number of nitrogens with zero attached hydrogens (tertiary/aromatic N) is 2. The summed E-state index contributed by atoms with van der Waals surface area (Å²) in [5.41, 5.74) is 4.06. The van der Waals surface area contributed by atoms with Gasteiger partial charge < -0.3 is 19.9 Å². The third kappa shape index (κ3) is 3.50. The fourth-order valence-electron chi connectivity index (χ4n) is 3.01. The number of halogens is 1. The first-order chi connectivity index (χ1) is 12.6. The number of aromatic nitrogens is 2. The van der Waals surface area contributed by atoms with Gasteiger partial charge in [0.15, 0.2) is 11.6 Å². The number of fused-ring (bicyclic) bond motifs is 1. The number of likely N-dealkylation sites (tertiary alicyclic amines) is 1. The molecule has 8 heteroatoms. The Labute approximate surface area is 154 Å². The maximum atomic E-state index is 14.2. The first-order valence-corrected chi connectivity index (χ1v) is 9.36. The average Bonchev–Trinajstić information content (AvgIpc) is 3.23. The second kappa shape index (κ2) is 6.95. The number of rotatable bonds is 5. The Hall–Kier alpha value is -2.61. The van der Waals surface area contributed by atoms with Gasteiger partial charge in [-0.15, -0.1) is 11.3 Å². The van der Waals surface area contributed by atoms with Gasteiger partial charge in [-0.2, -0.15) is 0 Å². The highest BCUT2D eigenvalue weighted by molar-refractivity contribution is 7.07. The highest BCUT2D eigenvalue weighted by Crippen LogP contribution is 2.26. The summed E-state index contributed by atoms with van der Waals surface area (Å²) in [6, 6.07) is 4.84. The zero-order chi connectivity index (χ0) is 18.1. The molecule has 0 saturated carbocycles. The number of benzene rings is 1. The van der Waals surface area contributed by atoms with Crippen LogP contribution >= 0.6 is 11.3 Å². The smallest absolute Gasteiger partial charge is 0.317 e. The molecule has 26 heavy (non-hydrogen) atoms. The van der Waals surface area contributed by atoms with E-state index in [-0.39, 0.29) is 18.4 Å². The fourth-order valence-corrected chi connectivity index (χ4v) is 3.55. The van der Waals surface area contributed by atoms with Gasteiger partial charge >= 0.3 is 6.03 Å². The van der Waals surface area contributed by atoms with Gasteiger partial charge in [-0.25, -0.2) is 14.2 Å². The first-order valence-electron chi connectivity index (χ1n) is 8.42. The molecule has 1 aliphatic rings. The lowest BCUT2D eigenvalue weighted by atomic mass is 10.0. The van der Waals surface area contributed by atoms with Crippen molar-refractivity contribution in [3.05, 3.63) is 46.3 Å². The van der Waals surface area contributed by atoms with Crippen LogP contribution in [-0.2, 0) is 13.2 Å². The van der Waals surface area contributed by atoms with Crippen molar-refractivity contribution >= 4 is 28.3 Å². The second-order valence-electron chi connectivity index (χ2n) is 6.60. The summed E-state index contributed by atoms with van der Waals surface area (Å²) < 4.78 is 19.8. The summed E-state index contributed by atoms with van der Waals surface area (Å²) in [5, 5.41) is 5.49. The molecule has 0 bridgehead atoms. The number of hydrogen-bond donors (Lipinski definition) is 2. The van der Waals surface area contributed by atoms with E-state index in [1.165, 1.54) is 17.4 Å². The van der Waals surface area contributed by atoms with Crippen molar-refractivity contribution < 1.29 is 13.9 Å². The number of aromatic amines is 1. The minimum Gasteiger partial charge on any atom is -0.484 e. The minimum atomic E-state index is -0.420. The van der Waals surface area contributed by atoms with Crippen LogP contribution in [0.1, 0.15) is 18.3 Å². The van der Waals surface area contributed by atoms with E-state index in [2.05, 4.69) is 22.2 Å². The van der Waals surface area contributed by atoms with E-state index in [1.54, 1.807) is 16.5 Å². The number of urea groups is 1. The zero-order valence-corrected chi connectivity index (χ0v) is 15.1. The lowest BCUT2D eigenvalue weighted by Crippen LogP contribution is -2.52. The van der Waals surface area contributed by atoms with Gasteiger partial charge in [-0.05, 0) is 18.1 Å². The van der Waals surface area contributed by atoms with E-state index in [4.69, 9.17) is 4.74 Å². The molecular weight excluding hydrogens is 355 g/mol. The minimum absolute atomic E-state index is 0.0692. The van der Waals surface area contributed by atoms with E-state index in [9.17, 15) is 9.18 Å². The van der Waals surface area contributed by atoms with E-state index >= 15 is 0 Å². The van der Waals surface area contributed by atoms with Crippen LogP contribution in [0.25, 0.3) is 10.9 Å². The summed E-state index contributed by atoms with van der Waals surface area (Å²) >= 11 is 1.47. The molecule has 6 nitrogen and oxygen atoms in total. The van der Waals surface area contributed by atoms with Crippen LogP contribution < -0.4 is 10.1 Å². The van der Waals surface area contributed by atoms with Crippen LogP contribution in [0.3, 0.4) is 0 Å². The summed E-state index contributed by atoms with van der Waals surface area (Å²) in [6.07, 6.45) is 0. The molecule has 1 aromatic carbocycles. The van der Waals surface area contributed by atoms with Crippen LogP contribution in [0.15, 0.2) is 29.1 Å². The summed E-state index contributed by atoms with van der Waals surface area (Å²) in [6.45, 7) is 4.30. The Balaban J connectivity index is 1.42. The fraction of sp³-hybridized carbons (Fsp3) is 0.333. The molecule has 0 radical (unpaired) electrons. The molecule has 0 atom stereocenters. The van der Waals surface area contributed by atoms with Crippen molar-refractivity contribution in [2.45, 2.75) is 20.1 Å². The molecule has 0 aliphatic carbocycles. The van der Waals surface area contributed by atoms with Crippen molar-refractivity contribution in [2.75, 3.05) is 13.1 Å². The molecule has 0 unspecified atom stereocenters. The van der Waals surface area contributed by atoms with Gasteiger partial charge in [0, 0.05) is 41.1 Å². The summed E-state index contributed by atoms with van der Waals surface area (Å²) in [5.74, 6) is 0.328. The molecule has 1 aliphatic heterocycles. The maximum Gasteiger partial charge on any atom is 0.317 e. The number of thiazole rings is 1. The second-order valence-corrected chi connectivity index (χ2v) is 7.32. The molecule has 1 saturated heterocycles. The van der Waals surface area contributed by atoms with Crippen molar-refractivity contribution in [2.24, 2.45) is 5.92 Å². The van der Waals surface area contributed by atoms with Crippen molar-refractivity contribution in [1.82, 2.24) is 20.2 Å². The predicted molar refractivity (Wildman–Crippen MR) is 97.7 cm³/mol. The molecule has 136 valence electrons. The number of amides is 2. The van der Waals surface area contributed by atoms with E-state index < -0.39 is 5.82 Å². The first kappa shape index (κ1) is 16.8. The molecule has 2 amide bonds. The monoisotopic (exact) mass is 374 g/mol. The van der Waals surface area contributed by atoms with E-state index in [0.29, 0.717) is 12.5 Å². The Morgan fingerprint density at radius 2 is 2.31 bits per heavy atom. The molecule has 3 heterocycles. The lowest BCUT2D eigenvalue weighted by Gasteiger charge is -2.36. The third-order valence-electron chi connectivity index (χ3n) is 4.37. The molecular formula is C18H19FN4O2S. The van der Waals surface area contributed by atoms with E-state index in [1.807, 2.05) is 11.4 Å².